The van der Waals surface area contributed by atoms with E-state index in [9.17, 15) is 18.0 Å². The number of amides is 1. The molecule has 0 spiro atoms. The lowest BCUT2D eigenvalue weighted by Gasteiger charge is -2.15. The summed E-state index contributed by atoms with van der Waals surface area (Å²) >= 11 is 0. The van der Waals surface area contributed by atoms with Crippen LogP contribution in [-0.4, -0.2) is 41.3 Å². The normalized spacial score (nSPS) is 14.9. The molecule has 2 aromatic heterocycles. The van der Waals surface area contributed by atoms with Crippen LogP contribution in [0.15, 0.2) is 54.9 Å². The van der Waals surface area contributed by atoms with Crippen LogP contribution in [0.1, 0.15) is 44.9 Å². The summed E-state index contributed by atoms with van der Waals surface area (Å²) in [6, 6.07) is 9.62. The molecular weight excluding hydrogens is 472 g/mol. The number of hydrogen-bond acceptors (Lipinski definition) is 7. The number of hydrogen-bond donors (Lipinski definition) is 1. The minimum Gasteiger partial charge on any atom is -0.440 e. The van der Waals surface area contributed by atoms with Crippen molar-refractivity contribution >= 4 is 43.8 Å². The zero-order valence-corrected chi connectivity index (χ0v) is 20.3. The fourth-order valence-electron chi connectivity index (χ4n) is 4.20. The van der Waals surface area contributed by atoms with Crippen molar-refractivity contribution in [3.05, 3.63) is 52.8 Å². The van der Waals surface area contributed by atoms with Crippen LogP contribution >= 0.6 is 0 Å². The van der Waals surface area contributed by atoms with E-state index in [1.807, 2.05) is 13.8 Å². The molecule has 4 aromatic rings. The highest BCUT2D eigenvalue weighted by atomic mass is 32.2. The van der Waals surface area contributed by atoms with Gasteiger partial charge in [0.15, 0.2) is 17.1 Å². The van der Waals surface area contributed by atoms with E-state index in [0.29, 0.717) is 41.3 Å². The summed E-state index contributed by atoms with van der Waals surface area (Å²) in [7, 11) is -3.63. The second-order valence-electron chi connectivity index (χ2n) is 8.95. The molecule has 1 aliphatic rings. The summed E-state index contributed by atoms with van der Waals surface area (Å²) in [5.74, 6) is -0.147. The van der Waals surface area contributed by atoms with Crippen molar-refractivity contribution in [2.75, 3.05) is 18.4 Å². The molecule has 2 aromatic carbocycles. The van der Waals surface area contributed by atoms with Crippen molar-refractivity contribution in [2.45, 2.75) is 50.5 Å². The average Bonchev–Trinajstić information content (AvgIpc) is 3.55. The Labute approximate surface area is 201 Å². The quantitative estimate of drug-likeness (QED) is 0.412. The van der Waals surface area contributed by atoms with Crippen molar-refractivity contribution in [2.24, 2.45) is 0 Å². The van der Waals surface area contributed by atoms with Gasteiger partial charge < -0.3 is 14.2 Å². The smallest absolute Gasteiger partial charge is 0.419 e. The van der Waals surface area contributed by atoms with Crippen molar-refractivity contribution in [1.29, 1.82) is 0 Å². The fourth-order valence-corrected chi connectivity index (χ4v) is 5.74. The van der Waals surface area contributed by atoms with Gasteiger partial charge in [-0.3, -0.25) is 9.36 Å². The lowest BCUT2D eigenvalue weighted by Crippen LogP contribution is -2.27. The predicted molar refractivity (Wildman–Crippen MR) is 130 cm³/mol. The van der Waals surface area contributed by atoms with Crippen LogP contribution in [0.4, 0.5) is 5.69 Å². The van der Waals surface area contributed by atoms with E-state index in [1.54, 1.807) is 24.3 Å². The van der Waals surface area contributed by atoms with Gasteiger partial charge in [-0.15, -0.1) is 0 Å². The lowest BCUT2D eigenvalue weighted by atomic mass is 10.2. The maximum atomic E-state index is 12.8. The highest BCUT2D eigenvalue weighted by Gasteiger charge is 2.28. The topological polar surface area (TPSA) is 128 Å². The first kappa shape index (κ1) is 23.3. The molecular formula is C24H26N4O6S. The Morgan fingerprint density at radius 2 is 1.86 bits per heavy atom. The molecule has 0 saturated carbocycles. The molecule has 1 amide bonds. The molecule has 0 aliphatic carbocycles. The molecule has 0 atom stereocenters. The molecule has 184 valence electrons. The van der Waals surface area contributed by atoms with Crippen LogP contribution in [0.5, 0.6) is 0 Å². The second kappa shape index (κ2) is 8.97. The van der Waals surface area contributed by atoms with Gasteiger partial charge in [-0.2, -0.15) is 4.31 Å². The van der Waals surface area contributed by atoms with Crippen molar-refractivity contribution < 1.29 is 22.0 Å². The van der Waals surface area contributed by atoms with Gasteiger partial charge in [0.2, 0.25) is 15.9 Å². The van der Waals surface area contributed by atoms with Gasteiger partial charge in [-0.1, -0.05) is 13.8 Å². The maximum absolute atomic E-state index is 12.8. The van der Waals surface area contributed by atoms with Gasteiger partial charge in [0.25, 0.3) is 0 Å². The number of carbonyl (C=O) groups is 1. The first-order valence-corrected chi connectivity index (χ1v) is 13.0. The monoisotopic (exact) mass is 498 g/mol. The largest absolute Gasteiger partial charge is 0.440 e. The molecule has 11 heteroatoms. The molecule has 5 rings (SSSR count). The van der Waals surface area contributed by atoms with E-state index >= 15 is 0 Å². The van der Waals surface area contributed by atoms with Crippen LogP contribution in [0.3, 0.4) is 0 Å². The Morgan fingerprint density at radius 1 is 1.09 bits per heavy atom. The minimum atomic E-state index is -3.63. The minimum absolute atomic E-state index is 0.0243. The molecule has 1 aliphatic heterocycles. The SMILES string of the molecule is CC(C)c1nc2cc(NC(=O)CCn3c(=O)oc4cc(S(=O)(=O)N5CCCC5)ccc43)ccc2o1. The molecule has 1 N–H and O–H groups in total. The van der Waals surface area contributed by atoms with Crippen LogP contribution in [0.2, 0.25) is 0 Å². The van der Waals surface area contributed by atoms with Gasteiger partial charge in [0, 0.05) is 43.7 Å². The lowest BCUT2D eigenvalue weighted by molar-refractivity contribution is -0.116. The highest BCUT2D eigenvalue weighted by Crippen LogP contribution is 2.25. The van der Waals surface area contributed by atoms with Crippen molar-refractivity contribution in [3.8, 4) is 0 Å². The first-order valence-electron chi connectivity index (χ1n) is 11.6. The third kappa shape index (κ3) is 4.48. The Balaban J connectivity index is 1.30. The first-order chi connectivity index (χ1) is 16.7. The molecule has 3 heterocycles. The van der Waals surface area contributed by atoms with Crippen molar-refractivity contribution in [3.63, 3.8) is 0 Å². The number of nitrogens with zero attached hydrogens (tertiary/aromatic N) is 3. The Kier molecular flexibility index (Phi) is 5.97. The van der Waals surface area contributed by atoms with Gasteiger partial charge >= 0.3 is 5.76 Å². The molecule has 1 fully saturated rings. The van der Waals surface area contributed by atoms with Crippen LogP contribution in [0, 0.1) is 0 Å². The summed E-state index contributed by atoms with van der Waals surface area (Å²) in [6.45, 7) is 5.04. The highest BCUT2D eigenvalue weighted by molar-refractivity contribution is 7.89. The average molecular weight is 499 g/mol. The number of aryl methyl sites for hydroxylation is 1. The van der Waals surface area contributed by atoms with E-state index in [-0.39, 0.29) is 35.3 Å². The number of rotatable bonds is 7. The Morgan fingerprint density at radius 3 is 2.60 bits per heavy atom. The standard InChI is InChI=1S/C24H26N4O6S/c1-15(2)23-26-18-13-16(5-8-20(18)33-23)25-22(29)9-12-28-19-7-6-17(14-21(19)34-24(28)30)35(31,32)27-10-3-4-11-27/h5-8,13-15H,3-4,9-12H2,1-2H3,(H,25,29). The van der Waals surface area contributed by atoms with Gasteiger partial charge in [-0.05, 0) is 43.2 Å². The van der Waals surface area contributed by atoms with Gasteiger partial charge in [0.1, 0.15) is 5.52 Å². The van der Waals surface area contributed by atoms with Crippen LogP contribution in [-0.2, 0) is 21.4 Å². The Bertz CT molecular complexity index is 1570. The third-order valence-electron chi connectivity index (χ3n) is 6.09. The van der Waals surface area contributed by atoms with E-state index in [2.05, 4.69) is 10.3 Å². The number of benzene rings is 2. The maximum Gasteiger partial charge on any atom is 0.419 e. The zero-order chi connectivity index (χ0) is 24.7. The van der Waals surface area contributed by atoms with Crippen molar-refractivity contribution in [1.82, 2.24) is 13.9 Å². The number of sulfonamides is 1. The number of aromatic nitrogens is 2. The molecule has 0 bridgehead atoms. The zero-order valence-electron chi connectivity index (χ0n) is 19.5. The third-order valence-corrected chi connectivity index (χ3v) is 7.98. The fraction of sp³-hybridized carbons (Fsp3) is 0.375. The number of oxazole rings is 2. The summed E-state index contributed by atoms with van der Waals surface area (Å²) in [6.07, 6.45) is 1.69. The number of nitrogens with one attached hydrogen (secondary N) is 1. The molecule has 1 saturated heterocycles. The second-order valence-corrected chi connectivity index (χ2v) is 10.9. The van der Waals surface area contributed by atoms with E-state index < -0.39 is 15.8 Å². The van der Waals surface area contributed by atoms with E-state index in [1.165, 1.54) is 21.0 Å². The number of fused-ring (bicyclic) bond motifs is 2. The summed E-state index contributed by atoms with van der Waals surface area (Å²) in [4.78, 5) is 29.5. The van der Waals surface area contributed by atoms with E-state index in [0.717, 1.165) is 12.8 Å². The number of anilines is 1. The molecule has 10 nitrogen and oxygen atoms in total. The van der Waals surface area contributed by atoms with Gasteiger partial charge in [0.05, 0.1) is 10.4 Å². The van der Waals surface area contributed by atoms with E-state index in [4.69, 9.17) is 8.83 Å². The molecule has 0 radical (unpaired) electrons. The van der Waals surface area contributed by atoms with Crippen LogP contribution in [0.25, 0.3) is 22.2 Å². The molecule has 0 unspecified atom stereocenters. The predicted octanol–water partition coefficient (Wildman–Crippen LogP) is 3.67. The summed E-state index contributed by atoms with van der Waals surface area (Å²) in [5.41, 5.74) is 2.49. The number of carbonyl (C=O) groups excluding carboxylic acids is 1. The molecule has 35 heavy (non-hydrogen) atoms. The summed E-state index contributed by atoms with van der Waals surface area (Å²) < 4.78 is 39.4. The van der Waals surface area contributed by atoms with Crippen LogP contribution < -0.4 is 11.1 Å². The summed E-state index contributed by atoms with van der Waals surface area (Å²) in [5, 5.41) is 2.81. The van der Waals surface area contributed by atoms with Gasteiger partial charge in [-0.25, -0.2) is 18.2 Å². The Hall–Kier alpha value is -3.44.